The fraction of sp³-hybridized carbons (Fsp3) is 0.455. The first-order chi connectivity index (χ1) is 14.3. The van der Waals surface area contributed by atoms with E-state index in [1.54, 1.807) is 16.4 Å². The summed E-state index contributed by atoms with van der Waals surface area (Å²) in [5.41, 5.74) is 0.00585. The molecule has 0 fully saturated rings. The lowest BCUT2D eigenvalue weighted by atomic mass is 9.93. The fourth-order valence-electron chi connectivity index (χ4n) is 3.64. The van der Waals surface area contributed by atoms with Gasteiger partial charge in [0.1, 0.15) is 11.2 Å². The van der Waals surface area contributed by atoms with Crippen molar-refractivity contribution in [3.8, 4) is 0 Å². The van der Waals surface area contributed by atoms with Crippen molar-refractivity contribution in [2.24, 2.45) is 5.92 Å². The Morgan fingerprint density at radius 3 is 2.60 bits per heavy atom. The molecule has 1 aromatic heterocycles. The molecule has 0 bridgehead atoms. The normalized spacial score (nSPS) is 18.3. The molecule has 160 valence electrons. The van der Waals surface area contributed by atoms with Crippen LogP contribution in [-0.4, -0.2) is 51.4 Å². The maximum absolute atomic E-state index is 13.4. The molecule has 1 atom stereocenters. The first-order valence-electron chi connectivity index (χ1n) is 10.1. The zero-order valence-electron chi connectivity index (χ0n) is 17.8. The van der Waals surface area contributed by atoms with Gasteiger partial charge in [-0.05, 0) is 24.8 Å². The average molecular weight is 412 g/mol. The summed E-state index contributed by atoms with van der Waals surface area (Å²) in [6.45, 7) is 6.85. The Kier molecular flexibility index (Phi) is 6.24. The Balaban J connectivity index is 1.92. The van der Waals surface area contributed by atoms with Gasteiger partial charge in [-0.2, -0.15) is 0 Å². The van der Waals surface area contributed by atoms with E-state index >= 15 is 0 Å². The summed E-state index contributed by atoms with van der Waals surface area (Å²) in [7, 11) is 1.25. The number of nitrogens with zero attached hydrogens (tertiary/aromatic N) is 3. The van der Waals surface area contributed by atoms with Crippen LogP contribution in [0.5, 0.6) is 0 Å². The second-order valence-corrected chi connectivity index (χ2v) is 8.14. The molecule has 0 aliphatic carbocycles. The maximum Gasteiger partial charge on any atom is 0.359 e. The molecule has 3 rings (SSSR count). The standard InChI is InChI=1S/C22H28N4O4/c1-15(2)10-11-26-19(27)18-17(20(28)30-4)24-14-25(18)13-22(26,3)21(29)23-12-16-8-6-5-7-9-16/h5-9,14-15H,10-13H2,1-4H3,(H,23,29). The van der Waals surface area contributed by atoms with E-state index in [1.807, 2.05) is 30.3 Å². The lowest BCUT2D eigenvalue weighted by Gasteiger charge is -2.44. The van der Waals surface area contributed by atoms with Crippen LogP contribution >= 0.6 is 0 Å². The minimum atomic E-state index is -1.11. The predicted octanol–water partition coefficient (Wildman–Crippen LogP) is 2.25. The van der Waals surface area contributed by atoms with Crippen LogP contribution in [0.4, 0.5) is 0 Å². The van der Waals surface area contributed by atoms with Crippen molar-refractivity contribution < 1.29 is 19.1 Å². The van der Waals surface area contributed by atoms with Gasteiger partial charge in [-0.15, -0.1) is 0 Å². The molecule has 0 saturated heterocycles. The highest BCUT2D eigenvalue weighted by atomic mass is 16.5. The van der Waals surface area contributed by atoms with Gasteiger partial charge in [0.15, 0.2) is 5.69 Å². The van der Waals surface area contributed by atoms with Crippen LogP contribution in [0.15, 0.2) is 36.7 Å². The van der Waals surface area contributed by atoms with E-state index in [4.69, 9.17) is 4.74 Å². The summed E-state index contributed by atoms with van der Waals surface area (Å²) in [6.07, 6.45) is 2.15. The van der Waals surface area contributed by atoms with Crippen LogP contribution in [-0.2, 0) is 22.6 Å². The second kappa shape index (κ2) is 8.69. The number of ether oxygens (including phenoxy) is 1. The number of benzene rings is 1. The molecule has 8 nitrogen and oxygen atoms in total. The van der Waals surface area contributed by atoms with Crippen molar-refractivity contribution in [1.29, 1.82) is 0 Å². The Bertz CT molecular complexity index is 938. The lowest BCUT2D eigenvalue weighted by Crippen LogP contribution is -2.64. The van der Waals surface area contributed by atoms with E-state index in [2.05, 4.69) is 24.1 Å². The minimum absolute atomic E-state index is 0.0243. The van der Waals surface area contributed by atoms with Crippen molar-refractivity contribution in [1.82, 2.24) is 19.8 Å². The summed E-state index contributed by atoms with van der Waals surface area (Å²) in [6, 6.07) is 9.60. The molecule has 30 heavy (non-hydrogen) atoms. The number of rotatable bonds is 7. The van der Waals surface area contributed by atoms with Crippen LogP contribution in [0, 0.1) is 5.92 Å². The number of hydrogen-bond acceptors (Lipinski definition) is 5. The number of amides is 2. The first kappa shape index (κ1) is 21.5. The van der Waals surface area contributed by atoms with E-state index in [0.29, 0.717) is 19.0 Å². The van der Waals surface area contributed by atoms with Crippen LogP contribution in [0.1, 0.15) is 53.7 Å². The Morgan fingerprint density at radius 2 is 1.97 bits per heavy atom. The molecule has 0 spiro atoms. The molecular weight excluding hydrogens is 384 g/mol. The monoisotopic (exact) mass is 412 g/mol. The Hall–Kier alpha value is -3.16. The number of imidazole rings is 1. The van der Waals surface area contributed by atoms with Crippen LogP contribution in [0.25, 0.3) is 0 Å². The number of methoxy groups -OCH3 is 1. The van der Waals surface area contributed by atoms with Crippen molar-refractivity contribution in [2.75, 3.05) is 13.7 Å². The highest BCUT2D eigenvalue weighted by Gasteiger charge is 2.48. The molecule has 2 amide bonds. The predicted molar refractivity (Wildman–Crippen MR) is 111 cm³/mol. The van der Waals surface area contributed by atoms with E-state index in [-0.39, 0.29) is 23.8 Å². The highest BCUT2D eigenvalue weighted by Crippen LogP contribution is 2.30. The average Bonchev–Trinajstić information content (AvgIpc) is 3.15. The number of carbonyl (C=O) groups excluding carboxylic acids is 3. The minimum Gasteiger partial charge on any atom is -0.464 e. The summed E-state index contributed by atoms with van der Waals surface area (Å²) in [5, 5.41) is 2.96. The van der Waals surface area contributed by atoms with E-state index < -0.39 is 17.4 Å². The van der Waals surface area contributed by atoms with Gasteiger partial charge in [0.25, 0.3) is 5.91 Å². The lowest BCUT2D eigenvalue weighted by molar-refractivity contribution is -0.133. The molecule has 1 unspecified atom stereocenters. The van der Waals surface area contributed by atoms with Gasteiger partial charge < -0.3 is 19.5 Å². The van der Waals surface area contributed by atoms with Gasteiger partial charge in [-0.3, -0.25) is 9.59 Å². The number of fused-ring (bicyclic) bond motifs is 1. The second-order valence-electron chi connectivity index (χ2n) is 8.14. The van der Waals surface area contributed by atoms with Crippen molar-refractivity contribution in [3.05, 3.63) is 53.6 Å². The molecule has 0 radical (unpaired) electrons. The molecule has 1 aromatic carbocycles. The quantitative estimate of drug-likeness (QED) is 0.704. The van der Waals surface area contributed by atoms with Crippen LogP contribution in [0.3, 0.4) is 0 Å². The summed E-state index contributed by atoms with van der Waals surface area (Å²) < 4.78 is 6.34. The van der Waals surface area contributed by atoms with Gasteiger partial charge >= 0.3 is 5.97 Å². The van der Waals surface area contributed by atoms with Gasteiger partial charge in [-0.25, -0.2) is 9.78 Å². The molecule has 2 aromatic rings. The van der Waals surface area contributed by atoms with E-state index in [1.165, 1.54) is 13.4 Å². The molecule has 8 heteroatoms. The zero-order chi connectivity index (χ0) is 21.9. The van der Waals surface area contributed by atoms with Gasteiger partial charge in [0.05, 0.1) is 20.0 Å². The third-order valence-electron chi connectivity index (χ3n) is 5.45. The van der Waals surface area contributed by atoms with Crippen LogP contribution in [0.2, 0.25) is 0 Å². The van der Waals surface area contributed by atoms with E-state index in [9.17, 15) is 14.4 Å². The topological polar surface area (TPSA) is 93.5 Å². The molecule has 2 heterocycles. The number of nitrogens with one attached hydrogen (secondary N) is 1. The third kappa shape index (κ3) is 4.08. The van der Waals surface area contributed by atoms with Crippen molar-refractivity contribution in [3.63, 3.8) is 0 Å². The maximum atomic E-state index is 13.4. The molecule has 1 N–H and O–H groups in total. The number of hydrogen-bond donors (Lipinski definition) is 1. The summed E-state index contributed by atoms with van der Waals surface area (Å²) in [4.78, 5) is 44.4. The Labute approximate surface area is 176 Å². The zero-order valence-corrected chi connectivity index (χ0v) is 17.8. The van der Waals surface area contributed by atoms with Crippen LogP contribution < -0.4 is 5.32 Å². The SMILES string of the molecule is COC(=O)c1ncn2c1C(=O)N(CCC(C)C)C(C)(C(=O)NCc1ccccc1)C2. The van der Waals surface area contributed by atoms with E-state index in [0.717, 1.165) is 12.0 Å². The van der Waals surface area contributed by atoms with Crippen molar-refractivity contribution in [2.45, 2.75) is 45.8 Å². The first-order valence-corrected chi connectivity index (χ1v) is 10.1. The number of esters is 1. The molecule has 1 aliphatic heterocycles. The molecule has 0 saturated carbocycles. The largest absolute Gasteiger partial charge is 0.464 e. The van der Waals surface area contributed by atoms with Gasteiger partial charge in [-0.1, -0.05) is 44.2 Å². The summed E-state index contributed by atoms with van der Waals surface area (Å²) in [5.74, 6) is -0.959. The molecular formula is C22H28N4O4. The highest BCUT2D eigenvalue weighted by molar-refractivity contribution is 6.06. The third-order valence-corrected chi connectivity index (χ3v) is 5.45. The van der Waals surface area contributed by atoms with Gasteiger partial charge in [0.2, 0.25) is 5.91 Å². The fourth-order valence-corrected chi connectivity index (χ4v) is 3.64. The Morgan fingerprint density at radius 1 is 1.27 bits per heavy atom. The smallest absolute Gasteiger partial charge is 0.359 e. The molecule has 1 aliphatic rings. The van der Waals surface area contributed by atoms with Gasteiger partial charge in [0, 0.05) is 13.1 Å². The number of aromatic nitrogens is 2. The number of carbonyl (C=O) groups is 3. The summed E-state index contributed by atoms with van der Waals surface area (Å²) >= 11 is 0. The van der Waals surface area contributed by atoms with Crippen molar-refractivity contribution >= 4 is 17.8 Å².